The van der Waals surface area contributed by atoms with Crippen LogP contribution in [0, 0.1) is 23.7 Å². The molecule has 2 fully saturated rings. The van der Waals surface area contributed by atoms with Gasteiger partial charge < -0.3 is 21.3 Å². The molecule has 0 aromatic heterocycles. The normalized spacial score (nSPS) is 33.1. The predicted molar refractivity (Wildman–Crippen MR) is 88.0 cm³/mol. The summed E-state index contributed by atoms with van der Waals surface area (Å²) in [6, 6.07) is 0. The summed E-state index contributed by atoms with van der Waals surface area (Å²) in [4.78, 5) is 0. The standard InChI is InChI=1S/C9H19NO.C8H17NO/c1-10-6-8-2-4-9(7-11)5-3-8;9-5-7-1-3-8(6-10)4-2-7/h8-11H,2-7H2,1H3;7-8,10H,1-6,9H2. The van der Waals surface area contributed by atoms with Crippen LogP contribution in [-0.4, -0.2) is 43.6 Å². The molecule has 4 nitrogen and oxygen atoms in total. The first-order chi connectivity index (χ1) is 10.2. The molecule has 4 heteroatoms. The van der Waals surface area contributed by atoms with E-state index in [0.717, 1.165) is 24.9 Å². The lowest BCUT2D eigenvalue weighted by atomic mass is 9.82. The molecule has 0 atom stereocenters. The monoisotopic (exact) mass is 300 g/mol. The van der Waals surface area contributed by atoms with Crippen LogP contribution in [0.15, 0.2) is 0 Å². The van der Waals surface area contributed by atoms with Gasteiger partial charge in [-0.15, -0.1) is 0 Å². The lowest BCUT2D eigenvalue weighted by Crippen LogP contribution is -2.24. The Hall–Kier alpha value is -0.160. The van der Waals surface area contributed by atoms with Gasteiger partial charge in [-0.05, 0) is 95.2 Å². The van der Waals surface area contributed by atoms with E-state index < -0.39 is 0 Å². The fourth-order valence-corrected chi connectivity index (χ4v) is 3.56. The largest absolute Gasteiger partial charge is 0.396 e. The molecule has 0 unspecified atom stereocenters. The molecule has 0 aromatic carbocycles. The van der Waals surface area contributed by atoms with Gasteiger partial charge in [-0.3, -0.25) is 0 Å². The van der Waals surface area contributed by atoms with Crippen LogP contribution in [0.1, 0.15) is 51.4 Å². The third kappa shape index (κ3) is 7.59. The Morgan fingerprint density at radius 2 is 1.14 bits per heavy atom. The van der Waals surface area contributed by atoms with Crippen molar-refractivity contribution < 1.29 is 10.2 Å². The average molecular weight is 300 g/mol. The van der Waals surface area contributed by atoms with Gasteiger partial charge in [0.25, 0.3) is 0 Å². The summed E-state index contributed by atoms with van der Waals surface area (Å²) >= 11 is 0. The SMILES string of the molecule is CNCC1CCC(CO)CC1.NCC1CCC(CO)CC1. The first kappa shape index (κ1) is 18.9. The van der Waals surface area contributed by atoms with Gasteiger partial charge in [-0.25, -0.2) is 0 Å². The molecule has 2 aliphatic rings. The van der Waals surface area contributed by atoms with Crippen LogP contribution in [0.4, 0.5) is 0 Å². The summed E-state index contributed by atoms with van der Waals surface area (Å²) in [7, 11) is 2.01. The molecule has 0 amide bonds. The molecule has 0 radical (unpaired) electrons. The maximum absolute atomic E-state index is 8.89. The van der Waals surface area contributed by atoms with Crippen LogP contribution in [-0.2, 0) is 0 Å². The van der Waals surface area contributed by atoms with Gasteiger partial charge >= 0.3 is 0 Å². The Morgan fingerprint density at radius 1 is 0.762 bits per heavy atom. The van der Waals surface area contributed by atoms with Crippen molar-refractivity contribution in [2.24, 2.45) is 29.4 Å². The zero-order valence-corrected chi connectivity index (χ0v) is 13.8. The van der Waals surface area contributed by atoms with Crippen molar-refractivity contribution >= 4 is 0 Å². The van der Waals surface area contributed by atoms with Crippen LogP contribution < -0.4 is 11.1 Å². The highest BCUT2D eigenvalue weighted by atomic mass is 16.3. The van der Waals surface area contributed by atoms with Crippen molar-refractivity contribution in [3.05, 3.63) is 0 Å². The predicted octanol–water partition coefficient (Wildman–Crippen LogP) is 1.75. The number of aliphatic hydroxyl groups is 2. The summed E-state index contributed by atoms with van der Waals surface area (Å²) in [6.45, 7) is 2.75. The topological polar surface area (TPSA) is 78.5 Å². The van der Waals surface area contributed by atoms with E-state index in [1.54, 1.807) is 0 Å². The van der Waals surface area contributed by atoms with Crippen molar-refractivity contribution in [3.63, 3.8) is 0 Å². The molecule has 0 aromatic rings. The Bertz CT molecular complexity index is 223. The summed E-state index contributed by atoms with van der Waals surface area (Å²) in [6.07, 6.45) is 9.85. The van der Waals surface area contributed by atoms with Gasteiger partial charge in [0.05, 0.1) is 0 Å². The smallest absolute Gasteiger partial charge is 0.0459 e. The average Bonchev–Trinajstić information content (AvgIpc) is 2.56. The quantitative estimate of drug-likeness (QED) is 0.624. The van der Waals surface area contributed by atoms with Crippen molar-refractivity contribution in [2.45, 2.75) is 51.4 Å². The number of nitrogens with one attached hydrogen (secondary N) is 1. The molecule has 0 spiro atoms. The highest BCUT2D eigenvalue weighted by molar-refractivity contribution is 4.73. The number of hydrogen-bond donors (Lipinski definition) is 4. The molecule has 0 bridgehead atoms. The molecule has 126 valence electrons. The molecular formula is C17H36N2O2. The van der Waals surface area contributed by atoms with Crippen molar-refractivity contribution in [3.8, 4) is 0 Å². The van der Waals surface area contributed by atoms with E-state index in [1.807, 2.05) is 7.05 Å². The summed E-state index contributed by atoms with van der Waals surface area (Å²) < 4.78 is 0. The minimum Gasteiger partial charge on any atom is -0.396 e. The minimum absolute atomic E-state index is 0.372. The van der Waals surface area contributed by atoms with Gasteiger partial charge in [-0.1, -0.05) is 0 Å². The second-order valence-electron chi connectivity index (χ2n) is 6.93. The van der Waals surface area contributed by atoms with E-state index in [2.05, 4.69) is 5.32 Å². The second kappa shape index (κ2) is 11.4. The van der Waals surface area contributed by atoms with Crippen LogP contribution in [0.2, 0.25) is 0 Å². The Kier molecular flexibility index (Phi) is 10.3. The number of rotatable bonds is 5. The van der Waals surface area contributed by atoms with E-state index in [0.29, 0.717) is 25.0 Å². The number of nitrogens with two attached hydrogens (primary N) is 1. The lowest BCUT2D eigenvalue weighted by molar-refractivity contribution is 0.167. The molecular weight excluding hydrogens is 264 g/mol. The van der Waals surface area contributed by atoms with Crippen LogP contribution >= 0.6 is 0 Å². The summed E-state index contributed by atoms with van der Waals surface area (Å²) in [5.41, 5.74) is 5.53. The van der Waals surface area contributed by atoms with Gasteiger partial charge in [0, 0.05) is 13.2 Å². The fraction of sp³-hybridized carbons (Fsp3) is 1.00. The van der Waals surface area contributed by atoms with Gasteiger partial charge in [0.2, 0.25) is 0 Å². The number of hydrogen-bond acceptors (Lipinski definition) is 4. The fourth-order valence-electron chi connectivity index (χ4n) is 3.56. The first-order valence-electron chi connectivity index (χ1n) is 8.79. The van der Waals surface area contributed by atoms with Crippen LogP contribution in [0.25, 0.3) is 0 Å². The summed E-state index contributed by atoms with van der Waals surface area (Å²) in [5.74, 6) is 2.77. The minimum atomic E-state index is 0.372. The zero-order chi connectivity index (χ0) is 15.5. The van der Waals surface area contributed by atoms with Gasteiger partial charge in [-0.2, -0.15) is 0 Å². The van der Waals surface area contributed by atoms with E-state index in [-0.39, 0.29) is 0 Å². The molecule has 2 rings (SSSR count). The van der Waals surface area contributed by atoms with E-state index in [4.69, 9.17) is 15.9 Å². The Balaban J connectivity index is 0.000000211. The van der Waals surface area contributed by atoms with Crippen LogP contribution in [0.3, 0.4) is 0 Å². The molecule has 0 saturated heterocycles. The summed E-state index contributed by atoms with van der Waals surface area (Å²) in [5, 5.41) is 20.9. The van der Waals surface area contributed by atoms with Crippen LogP contribution in [0.5, 0.6) is 0 Å². The molecule has 2 saturated carbocycles. The maximum atomic E-state index is 8.89. The third-order valence-electron chi connectivity index (χ3n) is 5.28. The maximum Gasteiger partial charge on any atom is 0.0459 e. The number of aliphatic hydroxyl groups excluding tert-OH is 2. The van der Waals surface area contributed by atoms with E-state index in [1.165, 1.54) is 51.4 Å². The lowest BCUT2D eigenvalue weighted by Gasteiger charge is -2.26. The highest BCUT2D eigenvalue weighted by Gasteiger charge is 2.19. The van der Waals surface area contributed by atoms with Crippen molar-refractivity contribution in [1.29, 1.82) is 0 Å². The van der Waals surface area contributed by atoms with E-state index in [9.17, 15) is 0 Å². The van der Waals surface area contributed by atoms with E-state index >= 15 is 0 Å². The molecule has 21 heavy (non-hydrogen) atoms. The van der Waals surface area contributed by atoms with Crippen molar-refractivity contribution in [1.82, 2.24) is 5.32 Å². The third-order valence-corrected chi connectivity index (χ3v) is 5.28. The molecule has 0 aliphatic heterocycles. The highest BCUT2D eigenvalue weighted by Crippen LogP contribution is 2.28. The molecule has 5 N–H and O–H groups in total. The van der Waals surface area contributed by atoms with Gasteiger partial charge in [0.1, 0.15) is 0 Å². The second-order valence-corrected chi connectivity index (χ2v) is 6.93. The molecule has 2 aliphatic carbocycles. The Morgan fingerprint density at radius 3 is 1.48 bits per heavy atom. The Labute approximate surface area is 130 Å². The van der Waals surface area contributed by atoms with Gasteiger partial charge in [0.15, 0.2) is 0 Å². The molecule has 0 heterocycles. The zero-order valence-electron chi connectivity index (χ0n) is 13.8. The first-order valence-corrected chi connectivity index (χ1v) is 8.79. The van der Waals surface area contributed by atoms with Crippen molar-refractivity contribution in [2.75, 3.05) is 33.4 Å².